The normalized spacial score (nSPS) is 12.6. The van der Waals surface area contributed by atoms with Gasteiger partial charge in [0.1, 0.15) is 0 Å². The third-order valence-corrected chi connectivity index (χ3v) is 2.92. The maximum Gasteiger partial charge on any atom is 0.240 e. The Morgan fingerprint density at radius 3 is 2.89 bits per heavy atom. The third-order valence-electron chi connectivity index (χ3n) is 2.92. The van der Waals surface area contributed by atoms with Gasteiger partial charge in [0.05, 0.1) is 6.04 Å². The van der Waals surface area contributed by atoms with Gasteiger partial charge in [0.2, 0.25) is 5.91 Å². The Labute approximate surface area is 107 Å². The fraction of sp³-hybridized carbons (Fsp3) is 0.357. The van der Waals surface area contributed by atoms with Gasteiger partial charge in [-0.2, -0.15) is 0 Å². The Morgan fingerprint density at radius 1 is 1.44 bits per heavy atom. The van der Waals surface area contributed by atoms with Crippen LogP contribution in [0.15, 0.2) is 30.5 Å². The van der Waals surface area contributed by atoms with Gasteiger partial charge in [0.25, 0.3) is 0 Å². The van der Waals surface area contributed by atoms with Crippen LogP contribution < -0.4 is 11.1 Å². The second kappa shape index (κ2) is 5.23. The fourth-order valence-electron chi connectivity index (χ4n) is 1.97. The van der Waals surface area contributed by atoms with Crippen LogP contribution in [-0.4, -0.2) is 16.5 Å². The molecule has 1 atom stereocenters. The van der Waals surface area contributed by atoms with E-state index in [0.717, 1.165) is 24.0 Å². The number of hydrogen-bond donors (Lipinski definition) is 2. The van der Waals surface area contributed by atoms with Gasteiger partial charge in [0, 0.05) is 29.3 Å². The minimum atomic E-state index is -0.495. The molecule has 4 nitrogen and oxygen atoms in total. The lowest BCUT2D eigenvalue weighted by Gasteiger charge is -2.08. The second-order valence-corrected chi connectivity index (χ2v) is 4.56. The minimum Gasteiger partial charge on any atom is -0.347 e. The average molecular weight is 245 g/mol. The molecule has 1 aromatic heterocycles. The van der Waals surface area contributed by atoms with Crippen LogP contribution in [0.3, 0.4) is 0 Å². The van der Waals surface area contributed by atoms with Gasteiger partial charge in [-0.05, 0) is 37.6 Å². The molecule has 0 saturated heterocycles. The average Bonchev–Trinajstić information content (AvgIpc) is 2.72. The predicted octanol–water partition coefficient (Wildman–Crippen LogP) is 2.34. The van der Waals surface area contributed by atoms with E-state index in [1.54, 1.807) is 6.92 Å². The standard InChI is InChI=1S/C14H19N3O/c1-3-7-17-8-6-11-9-12(4-5-13(11)17)16-14(18)10(2)15/h4-6,8-10H,3,7,15H2,1-2H3,(H,16,18)/t10-/m1/s1. The number of aromatic nitrogens is 1. The van der Waals surface area contributed by atoms with E-state index in [1.807, 2.05) is 18.2 Å². The summed E-state index contributed by atoms with van der Waals surface area (Å²) in [6.45, 7) is 4.84. The highest BCUT2D eigenvalue weighted by Gasteiger charge is 2.08. The first kappa shape index (κ1) is 12.6. The first-order chi connectivity index (χ1) is 8.61. The summed E-state index contributed by atoms with van der Waals surface area (Å²) in [6, 6.07) is 7.48. The Balaban J connectivity index is 2.26. The van der Waals surface area contributed by atoms with Gasteiger partial charge in [0.15, 0.2) is 0 Å². The van der Waals surface area contributed by atoms with Gasteiger partial charge in [-0.15, -0.1) is 0 Å². The summed E-state index contributed by atoms with van der Waals surface area (Å²) in [4.78, 5) is 11.5. The summed E-state index contributed by atoms with van der Waals surface area (Å²) in [6.07, 6.45) is 3.18. The number of nitrogens with one attached hydrogen (secondary N) is 1. The molecule has 0 aliphatic heterocycles. The zero-order chi connectivity index (χ0) is 13.1. The van der Waals surface area contributed by atoms with Crippen molar-refractivity contribution in [2.75, 3.05) is 5.32 Å². The monoisotopic (exact) mass is 245 g/mol. The highest BCUT2D eigenvalue weighted by Crippen LogP contribution is 2.20. The topological polar surface area (TPSA) is 60.0 Å². The molecular weight excluding hydrogens is 226 g/mol. The van der Waals surface area contributed by atoms with Crippen molar-refractivity contribution < 1.29 is 4.79 Å². The Kier molecular flexibility index (Phi) is 3.67. The SMILES string of the molecule is CCCn1ccc2cc(NC(=O)[C@@H](C)N)ccc21. The third kappa shape index (κ3) is 2.54. The van der Waals surface area contributed by atoms with E-state index in [2.05, 4.69) is 29.1 Å². The number of carbonyl (C=O) groups is 1. The Bertz CT molecular complexity index is 557. The molecule has 0 unspecified atom stereocenters. The van der Waals surface area contributed by atoms with Crippen LogP contribution in [0.1, 0.15) is 20.3 Å². The molecule has 18 heavy (non-hydrogen) atoms. The summed E-state index contributed by atoms with van der Waals surface area (Å²) in [5.41, 5.74) is 7.51. The molecule has 0 fully saturated rings. The second-order valence-electron chi connectivity index (χ2n) is 4.56. The van der Waals surface area contributed by atoms with Crippen LogP contribution >= 0.6 is 0 Å². The fourth-order valence-corrected chi connectivity index (χ4v) is 1.97. The Morgan fingerprint density at radius 2 is 2.22 bits per heavy atom. The van der Waals surface area contributed by atoms with Gasteiger partial charge in [-0.3, -0.25) is 4.79 Å². The molecular formula is C14H19N3O. The van der Waals surface area contributed by atoms with Crippen LogP contribution in [0.5, 0.6) is 0 Å². The molecule has 0 aliphatic carbocycles. The van der Waals surface area contributed by atoms with Gasteiger partial charge in [-0.25, -0.2) is 0 Å². The van der Waals surface area contributed by atoms with Gasteiger partial charge >= 0.3 is 0 Å². The molecule has 4 heteroatoms. The van der Waals surface area contributed by atoms with Crippen molar-refractivity contribution in [1.29, 1.82) is 0 Å². The summed E-state index contributed by atoms with van der Waals surface area (Å²) in [5.74, 6) is -0.164. The highest BCUT2D eigenvalue weighted by atomic mass is 16.2. The molecule has 0 bridgehead atoms. The lowest BCUT2D eigenvalue weighted by molar-refractivity contribution is -0.117. The molecule has 1 amide bonds. The van der Waals surface area contributed by atoms with E-state index >= 15 is 0 Å². The van der Waals surface area contributed by atoms with Crippen LogP contribution in [0.25, 0.3) is 10.9 Å². The van der Waals surface area contributed by atoms with Crippen molar-refractivity contribution in [3.63, 3.8) is 0 Å². The summed E-state index contributed by atoms with van der Waals surface area (Å²) in [5, 5.41) is 3.93. The van der Waals surface area contributed by atoms with Crippen LogP contribution in [0, 0.1) is 0 Å². The first-order valence-corrected chi connectivity index (χ1v) is 6.27. The number of benzene rings is 1. The molecule has 1 aromatic carbocycles. The smallest absolute Gasteiger partial charge is 0.240 e. The van der Waals surface area contributed by atoms with E-state index in [-0.39, 0.29) is 5.91 Å². The van der Waals surface area contributed by atoms with Crippen molar-refractivity contribution >= 4 is 22.5 Å². The zero-order valence-electron chi connectivity index (χ0n) is 10.8. The molecule has 2 aromatic rings. The van der Waals surface area contributed by atoms with Crippen molar-refractivity contribution in [2.24, 2.45) is 5.73 Å². The molecule has 3 N–H and O–H groups in total. The molecule has 1 heterocycles. The number of nitrogens with two attached hydrogens (primary N) is 1. The lowest BCUT2D eigenvalue weighted by Crippen LogP contribution is -2.32. The zero-order valence-corrected chi connectivity index (χ0v) is 10.8. The molecule has 2 rings (SSSR count). The van der Waals surface area contributed by atoms with Crippen molar-refractivity contribution in [3.8, 4) is 0 Å². The van der Waals surface area contributed by atoms with E-state index in [0.29, 0.717) is 0 Å². The summed E-state index contributed by atoms with van der Waals surface area (Å²) < 4.78 is 2.21. The van der Waals surface area contributed by atoms with Gasteiger partial charge < -0.3 is 15.6 Å². The quantitative estimate of drug-likeness (QED) is 0.868. The number of anilines is 1. The number of nitrogens with zero attached hydrogens (tertiary/aromatic N) is 1. The van der Waals surface area contributed by atoms with Crippen molar-refractivity contribution in [3.05, 3.63) is 30.5 Å². The van der Waals surface area contributed by atoms with E-state index in [4.69, 9.17) is 5.73 Å². The number of aryl methyl sites for hydroxylation is 1. The van der Waals surface area contributed by atoms with E-state index in [9.17, 15) is 4.79 Å². The number of amides is 1. The maximum absolute atomic E-state index is 11.5. The molecule has 0 radical (unpaired) electrons. The van der Waals surface area contributed by atoms with Crippen LogP contribution in [-0.2, 0) is 11.3 Å². The molecule has 0 saturated carbocycles. The molecule has 0 aliphatic rings. The predicted molar refractivity (Wildman–Crippen MR) is 74.5 cm³/mol. The van der Waals surface area contributed by atoms with E-state index < -0.39 is 6.04 Å². The summed E-state index contributed by atoms with van der Waals surface area (Å²) in [7, 11) is 0. The number of carbonyl (C=O) groups excluding carboxylic acids is 1. The first-order valence-electron chi connectivity index (χ1n) is 6.27. The lowest BCUT2D eigenvalue weighted by atomic mass is 10.2. The number of rotatable bonds is 4. The molecule has 96 valence electrons. The number of fused-ring (bicyclic) bond motifs is 1. The number of hydrogen-bond acceptors (Lipinski definition) is 2. The van der Waals surface area contributed by atoms with Crippen LogP contribution in [0.2, 0.25) is 0 Å². The van der Waals surface area contributed by atoms with Crippen LogP contribution in [0.4, 0.5) is 5.69 Å². The maximum atomic E-state index is 11.5. The minimum absolute atomic E-state index is 0.164. The highest BCUT2D eigenvalue weighted by molar-refractivity contribution is 5.96. The summed E-state index contributed by atoms with van der Waals surface area (Å²) >= 11 is 0. The molecule has 0 spiro atoms. The van der Waals surface area contributed by atoms with Gasteiger partial charge in [-0.1, -0.05) is 6.92 Å². The van der Waals surface area contributed by atoms with E-state index in [1.165, 1.54) is 5.52 Å². The van der Waals surface area contributed by atoms with Crippen molar-refractivity contribution in [2.45, 2.75) is 32.9 Å². The largest absolute Gasteiger partial charge is 0.347 e. The Hall–Kier alpha value is -1.81. The van der Waals surface area contributed by atoms with Crippen molar-refractivity contribution in [1.82, 2.24) is 4.57 Å².